The Bertz CT molecular complexity index is 375. The summed E-state index contributed by atoms with van der Waals surface area (Å²) in [5.74, 6) is 0.879. The van der Waals surface area contributed by atoms with Gasteiger partial charge >= 0.3 is 5.97 Å². The summed E-state index contributed by atoms with van der Waals surface area (Å²) in [7, 11) is 3.13. The predicted octanol–water partition coefficient (Wildman–Crippen LogP) is 1.90. The lowest BCUT2D eigenvalue weighted by Crippen LogP contribution is -2.46. The van der Waals surface area contributed by atoms with Gasteiger partial charge in [-0.25, -0.2) is 0 Å². The molecule has 0 aromatic heterocycles. The second kappa shape index (κ2) is 15.6. The van der Waals surface area contributed by atoms with Crippen LogP contribution in [0.15, 0.2) is 4.99 Å². The first-order chi connectivity index (χ1) is 11.7. The van der Waals surface area contributed by atoms with Crippen LogP contribution in [0.1, 0.15) is 32.6 Å². The number of unbranched alkanes of at least 4 members (excludes halogenated alkanes) is 1. The number of piperidine rings is 1. The van der Waals surface area contributed by atoms with E-state index in [9.17, 15) is 4.79 Å². The summed E-state index contributed by atoms with van der Waals surface area (Å²) in [4.78, 5) is 18.5. The topological polar surface area (TPSA) is 72.4 Å². The maximum absolute atomic E-state index is 11.6. The number of hydrogen-bond donors (Lipinski definition) is 1. The smallest absolute Gasteiger partial charge is 0.308 e. The third kappa shape index (κ3) is 10.2. The number of carbonyl (C=O) groups excluding carboxylic acids is 1. The molecule has 1 rings (SSSR count). The Balaban J connectivity index is 0.00000576. The molecule has 0 aliphatic carbocycles. The Labute approximate surface area is 168 Å². The van der Waals surface area contributed by atoms with Crippen molar-refractivity contribution < 1.29 is 19.0 Å². The number of nitrogens with zero attached hydrogens (tertiary/aromatic N) is 2. The highest BCUT2D eigenvalue weighted by Crippen LogP contribution is 2.18. The highest BCUT2D eigenvalue weighted by molar-refractivity contribution is 14.0. The monoisotopic (exact) mass is 471 g/mol. The fraction of sp³-hybridized carbons (Fsp3) is 0.882. The molecule has 1 aliphatic heterocycles. The van der Waals surface area contributed by atoms with Crippen molar-refractivity contribution in [1.29, 1.82) is 0 Å². The number of nitrogens with one attached hydrogen (secondary N) is 1. The molecule has 0 bridgehead atoms. The molecule has 148 valence electrons. The van der Waals surface area contributed by atoms with Crippen LogP contribution in [0.4, 0.5) is 0 Å². The molecular formula is C17H34IN3O4. The summed E-state index contributed by atoms with van der Waals surface area (Å²) >= 11 is 0. The zero-order valence-electron chi connectivity index (χ0n) is 15.8. The van der Waals surface area contributed by atoms with Gasteiger partial charge in [-0.2, -0.15) is 0 Å². The number of guanidine groups is 1. The Hall–Kier alpha value is -0.610. The SMILES string of the molecule is CCNC(=NCCCCOCCOC)N1CCC(C(=O)OC)CC1.I. The van der Waals surface area contributed by atoms with E-state index in [0.717, 1.165) is 64.4 Å². The van der Waals surface area contributed by atoms with E-state index < -0.39 is 0 Å². The van der Waals surface area contributed by atoms with Crippen LogP contribution in [0, 0.1) is 5.92 Å². The summed E-state index contributed by atoms with van der Waals surface area (Å²) in [5, 5.41) is 3.34. The second-order valence-corrected chi connectivity index (χ2v) is 5.83. The minimum absolute atomic E-state index is 0. The van der Waals surface area contributed by atoms with Crippen LogP contribution in [-0.2, 0) is 19.0 Å². The number of carbonyl (C=O) groups is 1. The quantitative estimate of drug-likeness (QED) is 0.173. The van der Waals surface area contributed by atoms with E-state index in [2.05, 4.69) is 17.1 Å². The summed E-state index contributed by atoms with van der Waals surface area (Å²) in [6.07, 6.45) is 3.65. The normalized spacial score (nSPS) is 15.6. The van der Waals surface area contributed by atoms with Crippen LogP contribution in [-0.4, -0.2) is 77.0 Å². The van der Waals surface area contributed by atoms with Crippen LogP contribution >= 0.6 is 24.0 Å². The molecule has 0 aromatic carbocycles. The molecule has 8 heteroatoms. The van der Waals surface area contributed by atoms with Gasteiger partial charge in [-0.05, 0) is 32.6 Å². The Kier molecular flexibility index (Phi) is 15.2. The first kappa shape index (κ1) is 24.4. The molecule has 25 heavy (non-hydrogen) atoms. The largest absolute Gasteiger partial charge is 0.469 e. The summed E-state index contributed by atoms with van der Waals surface area (Å²) in [5.41, 5.74) is 0. The van der Waals surface area contributed by atoms with Gasteiger partial charge in [0.25, 0.3) is 0 Å². The molecule has 0 radical (unpaired) electrons. The average molecular weight is 471 g/mol. The minimum atomic E-state index is -0.0925. The molecule has 0 unspecified atom stereocenters. The number of hydrogen-bond acceptors (Lipinski definition) is 5. The fourth-order valence-corrected chi connectivity index (χ4v) is 2.66. The third-order valence-electron chi connectivity index (χ3n) is 4.05. The zero-order valence-corrected chi connectivity index (χ0v) is 18.1. The van der Waals surface area contributed by atoms with Crippen molar-refractivity contribution in [3.63, 3.8) is 0 Å². The van der Waals surface area contributed by atoms with Crippen LogP contribution in [0.2, 0.25) is 0 Å². The Morgan fingerprint density at radius 1 is 1.16 bits per heavy atom. The highest BCUT2D eigenvalue weighted by Gasteiger charge is 2.26. The van der Waals surface area contributed by atoms with Gasteiger partial charge in [-0.1, -0.05) is 0 Å². The number of esters is 1. The number of aliphatic imine (C=N–C) groups is 1. The molecule has 1 N–H and O–H groups in total. The third-order valence-corrected chi connectivity index (χ3v) is 4.05. The van der Waals surface area contributed by atoms with Gasteiger partial charge in [0.15, 0.2) is 5.96 Å². The first-order valence-electron chi connectivity index (χ1n) is 8.90. The van der Waals surface area contributed by atoms with Gasteiger partial charge in [0, 0.05) is 39.9 Å². The van der Waals surface area contributed by atoms with Crippen LogP contribution < -0.4 is 5.32 Å². The molecule has 1 saturated heterocycles. The molecule has 0 atom stereocenters. The molecule has 1 heterocycles. The summed E-state index contributed by atoms with van der Waals surface area (Å²) in [6, 6.07) is 0. The van der Waals surface area contributed by atoms with Crippen molar-refractivity contribution in [2.75, 3.05) is 60.2 Å². The van der Waals surface area contributed by atoms with E-state index in [1.165, 1.54) is 7.11 Å². The molecular weight excluding hydrogens is 437 g/mol. The average Bonchev–Trinajstić information content (AvgIpc) is 2.62. The van der Waals surface area contributed by atoms with Gasteiger partial charge in [-0.3, -0.25) is 9.79 Å². The highest BCUT2D eigenvalue weighted by atomic mass is 127. The molecule has 1 fully saturated rings. The number of rotatable bonds is 10. The maximum atomic E-state index is 11.6. The first-order valence-corrected chi connectivity index (χ1v) is 8.90. The van der Waals surface area contributed by atoms with Crippen molar-refractivity contribution in [2.24, 2.45) is 10.9 Å². The molecule has 7 nitrogen and oxygen atoms in total. The Morgan fingerprint density at radius 2 is 1.88 bits per heavy atom. The van der Waals surface area contributed by atoms with Crippen molar-refractivity contribution >= 4 is 35.9 Å². The number of halogens is 1. The van der Waals surface area contributed by atoms with Crippen LogP contribution in [0.5, 0.6) is 0 Å². The van der Waals surface area contributed by atoms with Crippen molar-refractivity contribution in [1.82, 2.24) is 10.2 Å². The molecule has 0 spiro atoms. The van der Waals surface area contributed by atoms with Gasteiger partial charge in [0.2, 0.25) is 0 Å². The lowest BCUT2D eigenvalue weighted by atomic mass is 9.97. The number of likely N-dealkylation sites (tertiary alicyclic amines) is 1. The summed E-state index contributed by atoms with van der Waals surface area (Å²) < 4.78 is 15.2. The van der Waals surface area contributed by atoms with Gasteiger partial charge in [-0.15, -0.1) is 24.0 Å². The number of methoxy groups -OCH3 is 2. The van der Waals surface area contributed by atoms with Crippen molar-refractivity contribution in [3.8, 4) is 0 Å². The number of ether oxygens (including phenoxy) is 3. The molecule has 0 amide bonds. The van der Waals surface area contributed by atoms with E-state index in [4.69, 9.17) is 19.2 Å². The van der Waals surface area contributed by atoms with E-state index in [1.54, 1.807) is 7.11 Å². The minimum Gasteiger partial charge on any atom is -0.469 e. The maximum Gasteiger partial charge on any atom is 0.308 e. The second-order valence-electron chi connectivity index (χ2n) is 5.83. The standard InChI is InChI=1S/C17H33N3O4.HI/c1-4-18-17(19-9-5-6-12-24-14-13-22-2)20-10-7-15(8-11-20)16(21)23-3;/h15H,4-14H2,1-3H3,(H,18,19);1H. The van der Waals surface area contributed by atoms with E-state index >= 15 is 0 Å². The van der Waals surface area contributed by atoms with Crippen LogP contribution in [0.25, 0.3) is 0 Å². The van der Waals surface area contributed by atoms with E-state index in [-0.39, 0.29) is 35.9 Å². The van der Waals surface area contributed by atoms with Gasteiger partial charge < -0.3 is 24.4 Å². The van der Waals surface area contributed by atoms with Gasteiger partial charge in [0.05, 0.1) is 26.2 Å². The summed E-state index contributed by atoms with van der Waals surface area (Å²) in [6.45, 7) is 7.42. The predicted molar refractivity (Wildman–Crippen MR) is 110 cm³/mol. The van der Waals surface area contributed by atoms with Crippen molar-refractivity contribution in [2.45, 2.75) is 32.6 Å². The molecule has 0 saturated carbocycles. The lowest BCUT2D eigenvalue weighted by Gasteiger charge is -2.33. The van der Waals surface area contributed by atoms with Crippen LogP contribution in [0.3, 0.4) is 0 Å². The molecule has 0 aromatic rings. The molecule has 1 aliphatic rings. The lowest BCUT2D eigenvalue weighted by molar-refractivity contribution is -0.146. The fourth-order valence-electron chi connectivity index (χ4n) is 2.66. The van der Waals surface area contributed by atoms with Gasteiger partial charge in [0.1, 0.15) is 0 Å². The van der Waals surface area contributed by atoms with E-state index in [0.29, 0.717) is 13.2 Å². The van der Waals surface area contributed by atoms with Crippen molar-refractivity contribution in [3.05, 3.63) is 0 Å². The van der Waals surface area contributed by atoms with E-state index in [1.807, 2.05) is 0 Å². The zero-order chi connectivity index (χ0) is 17.6. The Morgan fingerprint density at radius 3 is 2.48 bits per heavy atom.